The Morgan fingerprint density at radius 2 is 1.83 bits per heavy atom. The van der Waals surface area contributed by atoms with E-state index in [0.717, 1.165) is 0 Å². The summed E-state index contributed by atoms with van der Waals surface area (Å²) >= 11 is 0. The van der Waals surface area contributed by atoms with Gasteiger partial charge in [-0.1, -0.05) is 0 Å². The third kappa shape index (κ3) is 1.30. The van der Waals surface area contributed by atoms with Crippen molar-refractivity contribution in [2.75, 3.05) is 0 Å². The minimum atomic E-state index is -1.06. The van der Waals surface area contributed by atoms with Gasteiger partial charge in [0.05, 0.1) is 6.61 Å². The van der Waals surface area contributed by atoms with Crippen molar-refractivity contribution in [2.45, 2.75) is 13.5 Å². The molecule has 0 amide bonds. The van der Waals surface area contributed by atoms with E-state index in [0.29, 0.717) is 6.07 Å². The van der Waals surface area contributed by atoms with Gasteiger partial charge in [-0.3, -0.25) is 0 Å². The lowest BCUT2D eigenvalue weighted by Crippen LogP contribution is -2.00. The van der Waals surface area contributed by atoms with E-state index in [2.05, 4.69) is 0 Å². The molecule has 0 heterocycles. The summed E-state index contributed by atoms with van der Waals surface area (Å²) in [6.07, 6.45) is 0. The molecule has 12 heavy (non-hydrogen) atoms. The summed E-state index contributed by atoms with van der Waals surface area (Å²) in [5.74, 6) is -3.02. The van der Waals surface area contributed by atoms with Crippen LogP contribution < -0.4 is 0 Å². The van der Waals surface area contributed by atoms with Crippen LogP contribution in [-0.4, -0.2) is 5.11 Å². The van der Waals surface area contributed by atoms with Gasteiger partial charge in [-0.25, -0.2) is 13.2 Å². The molecule has 0 bridgehead atoms. The van der Waals surface area contributed by atoms with Gasteiger partial charge in [0.15, 0.2) is 0 Å². The highest BCUT2D eigenvalue weighted by Gasteiger charge is 2.14. The molecule has 0 fully saturated rings. The van der Waals surface area contributed by atoms with Crippen molar-refractivity contribution in [3.63, 3.8) is 0 Å². The smallest absolute Gasteiger partial charge is 0.137 e. The van der Waals surface area contributed by atoms with Crippen LogP contribution in [0.1, 0.15) is 11.1 Å². The van der Waals surface area contributed by atoms with E-state index in [1.54, 1.807) is 0 Å². The summed E-state index contributed by atoms with van der Waals surface area (Å²) in [6.45, 7) is 0.419. The fourth-order valence-corrected chi connectivity index (χ4v) is 0.888. The minimum absolute atomic E-state index is 0.277. The first-order valence-corrected chi connectivity index (χ1v) is 3.31. The molecule has 1 rings (SSSR count). The molecule has 0 radical (unpaired) electrons. The summed E-state index contributed by atoms with van der Waals surface area (Å²) in [5, 5.41) is 8.51. The van der Waals surface area contributed by atoms with Crippen molar-refractivity contribution in [2.24, 2.45) is 0 Å². The van der Waals surface area contributed by atoms with Gasteiger partial charge >= 0.3 is 0 Å². The third-order valence-corrected chi connectivity index (χ3v) is 1.65. The molecule has 0 aromatic heterocycles. The number of halogens is 3. The second kappa shape index (κ2) is 3.15. The first kappa shape index (κ1) is 9.06. The van der Waals surface area contributed by atoms with Crippen molar-refractivity contribution < 1.29 is 18.3 Å². The highest BCUT2D eigenvalue weighted by Crippen LogP contribution is 2.19. The Hall–Kier alpha value is -1.03. The van der Waals surface area contributed by atoms with E-state index in [4.69, 9.17) is 5.11 Å². The standard InChI is InChI=1S/C8H7F3O/c1-4-6(9)2-7(10)5(3-12)8(4)11/h2,12H,3H2,1H3. The van der Waals surface area contributed by atoms with Gasteiger partial charge in [0.1, 0.15) is 17.5 Å². The third-order valence-electron chi connectivity index (χ3n) is 1.65. The molecule has 0 saturated heterocycles. The number of hydrogen-bond donors (Lipinski definition) is 1. The summed E-state index contributed by atoms with van der Waals surface area (Å²) in [6, 6.07) is 0.559. The average Bonchev–Trinajstić information content (AvgIpc) is 2.01. The fraction of sp³-hybridized carbons (Fsp3) is 0.250. The number of aliphatic hydroxyl groups excluding tert-OH is 1. The van der Waals surface area contributed by atoms with Crippen molar-refractivity contribution >= 4 is 0 Å². The van der Waals surface area contributed by atoms with E-state index < -0.39 is 29.6 Å². The Balaban J connectivity index is 3.40. The maximum atomic E-state index is 12.9. The molecule has 66 valence electrons. The van der Waals surface area contributed by atoms with E-state index in [1.807, 2.05) is 0 Å². The van der Waals surface area contributed by atoms with Gasteiger partial charge in [-0.2, -0.15) is 0 Å². The van der Waals surface area contributed by atoms with Gasteiger partial charge in [0.25, 0.3) is 0 Å². The predicted molar refractivity (Wildman–Crippen MR) is 37.0 cm³/mol. The molecule has 0 atom stereocenters. The monoisotopic (exact) mass is 176 g/mol. The molecule has 0 aliphatic carbocycles. The van der Waals surface area contributed by atoms with Crippen LogP contribution in [0.5, 0.6) is 0 Å². The quantitative estimate of drug-likeness (QED) is 0.692. The van der Waals surface area contributed by atoms with Crippen LogP contribution in [-0.2, 0) is 6.61 Å². The Kier molecular flexibility index (Phi) is 2.38. The normalized spacial score (nSPS) is 10.4. The molecule has 0 saturated carbocycles. The van der Waals surface area contributed by atoms with Crippen LogP contribution in [0.15, 0.2) is 6.07 Å². The zero-order valence-electron chi connectivity index (χ0n) is 6.37. The van der Waals surface area contributed by atoms with Crippen LogP contribution in [0, 0.1) is 24.4 Å². The number of rotatable bonds is 1. The summed E-state index contributed by atoms with van der Waals surface area (Å²) in [5.41, 5.74) is -0.769. The van der Waals surface area contributed by atoms with E-state index in [9.17, 15) is 13.2 Å². The lowest BCUT2D eigenvalue weighted by Gasteiger charge is -2.04. The Labute approximate surface area is 67.5 Å². The number of hydrogen-bond acceptors (Lipinski definition) is 1. The first-order chi connectivity index (χ1) is 5.57. The highest BCUT2D eigenvalue weighted by atomic mass is 19.1. The molecule has 0 spiro atoms. The zero-order chi connectivity index (χ0) is 9.30. The van der Waals surface area contributed by atoms with Crippen molar-refractivity contribution in [1.82, 2.24) is 0 Å². The lowest BCUT2D eigenvalue weighted by atomic mass is 10.1. The Morgan fingerprint density at radius 1 is 1.25 bits per heavy atom. The van der Waals surface area contributed by atoms with Crippen molar-refractivity contribution in [3.05, 3.63) is 34.6 Å². The highest BCUT2D eigenvalue weighted by molar-refractivity contribution is 5.27. The van der Waals surface area contributed by atoms with E-state index in [-0.39, 0.29) is 5.56 Å². The van der Waals surface area contributed by atoms with E-state index in [1.165, 1.54) is 6.92 Å². The van der Waals surface area contributed by atoms with Crippen LogP contribution in [0.25, 0.3) is 0 Å². The molecular weight excluding hydrogens is 169 g/mol. The Morgan fingerprint density at radius 3 is 2.33 bits per heavy atom. The van der Waals surface area contributed by atoms with E-state index >= 15 is 0 Å². The fourth-order valence-electron chi connectivity index (χ4n) is 0.888. The Bertz CT molecular complexity index is 310. The molecule has 0 aliphatic heterocycles. The second-order valence-electron chi connectivity index (χ2n) is 2.42. The van der Waals surface area contributed by atoms with Gasteiger partial charge in [-0.05, 0) is 6.92 Å². The largest absolute Gasteiger partial charge is 0.391 e. The number of aliphatic hydroxyl groups is 1. The molecule has 1 aromatic rings. The van der Waals surface area contributed by atoms with Crippen LogP contribution >= 0.6 is 0 Å². The number of benzene rings is 1. The summed E-state index contributed by atoms with van der Waals surface area (Å²) in [4.78, 5) is 0. The van der Waals surface area contributed by atoms with Gasteiger partial charge < -0.3 is 5.11 Å². The first-order valence-electron chi connectivity index (χ1n) is 3.31. The SMILES string of the molecule is Cc1c(F)cc(F)c(CO)c1F. The maximum Gasteiger partial charge on any atom is 0.137 e. The molecule has 0 unspecified atom stereocenters. The molecular formula is C8H7F3O. The van der Waals surface area contributed by atoms with Crippen molar-refractivity contribution in [1.29, 1.82) is 0 Å². The second-order valence-corrected chi connectivity index (χ2v) is 2.42. The molecule has 1 N–H and O–H groups in total. The summed E-state index contributed by atoms with van der Waals surface area (Å²) < 4.78 is 38.1. The lowest BCUT2D eigenvalue weighted by molar-refractivity contribution is 0.267. The molecule has 1 aromatic carbocycles. The molecule has 4 heteroatoms. The van der Waals surface area contributed by atoms with Crippen LogP contribution in [0.2, 0.25) is 0 Å². The zero-order valence-corrected chi connectivity index (χ0v) is 6.37. The molecule has 0 aliphatic rings. The minimum Gasteiger partial charge on any atom is -0.391 e. The maximum absolute atomic E-state index is 12.9. The molecule has 1 nitrogen and oxygen atoms in total. The average molecular weight is 176 g/mol. The van der Waals surface area contributed by atoms with Gasteiger partial charge in [0.2, 0.25) is 0 Å². The predicted octanol–water partition coefficient (Wildman–Crippen LogP) is 1.90. The van der Waals surface area contributed by atoms with Crippen molar-refractivity contribution in [3.8, 4) is 0 Å². The van der Waals surface area contributed by atoms with Gasteiger partial charge in [-0.15, -0.1) is 0 Å². The van der Waals surface area contributed by atoms with Crippen LogP contribution in [0.4, 0.5) is 13.2 Å². The van der Waals surface area contributed by atoms with Crippen LogP contribution in [0.3, 0.4) is 0 Å². The summed E-state index contributed by atoms with van der Waals surface area (Å²) in [7, 11) is 0. The van der Waals surface area contributed by atoms with Gasteiger partial charge in [0, 0.05) is 17.2 Å². The topological polar surface area (TPSA) is 20.2 Å².